The number of carbonyl (C=O) groups excluding carboxylic acids is 2. The summed E-state index contributed by atoms with van der Waals surface area (Å²) in [6, 6.07) is 12.5. The Morgan fingerprint density at radius 1 is 1.03 bits per heavy atom. The number of carbonyl (C=O) groups is 2. The van der Waals surface area contributed by atoms with Gasteiger partial charge in [-0.15, -0.1) is 0 Å². The second-order valence-corrected chi connectivity index (χ2v) is 7.10. The second-order valence-electron chi connectivity index (χ2n) is 7.10. The van der Waals surface area contributed by atoms with Crippen LogP contribution in [0, 0.1) is 0 Å². The van der Waals surface area contributed by atoms with Gasteiger partial charge in [0, 0.05) is 6.54 Å². The first-order chi connectivity index (χ1) is 16.0. The molecule has 2 aromatic carbocycles. The molecule has 0 aliphatic rings. The summed E-state index contributed by atoms with van der Waals surface area (Å²) in [5.41, 5.74) is 1.18. The topological polar surface area (TPSA) is 109 Å². The maximum absolute atomic E-state index is 12.4. The fourth-order valence-electron chi connectivity index (χ4n) is 3.20. The van der Waals surface area contributed by atoms with E-state index in [1.807, 2.05) is 32.0 Å². The van der Waals surface area contributed by atoms with Gasteiger partial charge in [-0.2, -0.15) is 0 Å². The molecular formula is C24H27N3O6. The average Bonchev–Trinajstić information content (AvgIpc) is 2.81. The van der Waals surface area contributed by atoms with E-state index in [1.165, 1.54) is 6.33 Å². The largest absolute Gasteiger partial charge is 0.490 e. The number of nitrogens with zero attached hydrogens (tertiary/aromatic N) is 2. The minimum absolute atomic E-state index is 0.323. The normalized spacial score (nSPS) is 10.6. The molecule has 0 aliphatic heterocycles. The lowest BCUT2D eigenvalue weighted by Gasteiger charge is -2.12. The standard InChI is InChI=1S/C24H27N3O6/c1-3-31-20-10-9-17(13-21(20)32-4-2)11-12-25-22(28)15-33-23(29)14-27-16-26-19-8-6-5-7-18(19)24(27)30/h5-10,13,16H,3-4,11-12,14-15H2,1-2H3,(H,25,28). The maximum Gasteiger partial charge on any atom is 0.326 e. The van der Waals surface area contributed by atoms with Crippen LogP contribution in [0.3, 0.4) is 0 Å². The monoisotopic (exact) mass is 453 g/mol. The van der Waals surface area contributed by atoms with Crippen LogP contribution in [0.4, 0.5) is 0 Å². The molecule has 0 spiro atoms. The third-order valence-corrected chi connectivity index (χ3v) is 4.74. The maximum atomic E-state index is 12.4. The van der Waals surface area contributed by atoms with Gasteiger partial charge in [-0.05, 0) is 50.1 Å². The Morgan fingerprint density at radius 3 is 2.58 bits per heavy atom. The number of amides is 1. The molecule has 9 heteroatoms. The van der Waals surface area contributed by atoms with E-state index in [0.717, 1.165) is 10.1 Å². The van der Waals surface area contributed by atoms with Gasteiger partial charge in [0.15, 0.2) is 18.1 Å². The molecule has 0 unspecified atom stereocenters. The van der Waals surface area contributed by atoms with Gasteiger partial charge in [0.05, 0.1) is 30.4 Å². The van der Waals surface area contributed by atoms with Crippen LogP contribution in [0.15, 0.2) is 53.6 Å². The third kappa shape index (κ3) is 6.55. The highest BCUT2D eigenvalue weighted by molar-refractivity contribution is 5.81. The minimum Gasteiger partial charge on any atom is -0.490 e. The molecule has 174 valence electrons. The molecule has 0 aliphatic carbocycles. The highest BCUT2D eigenvalue weighted by Crippen LogP contribution is 2.28. The fraction of sp³-hybridized carbons (Fsp3) is 0.333. The van der Waals surface area contributed by atoms with Crippen molar-refractivity contribution in [2.75, 3.05) is 26.4 Å². The van der Waals surface area contributed by atoms with Crippen molar-refractivity contribution in [3.8, 4) is 11.5 Å². The SMILES string of the molecule is CCOc1ccc(CCNC(=O)COC(=O)Cn2cnc3ccccc3c2=O)cc1OCC. The Hall–Kier alpha value is -3.88. The second kappa shape index (κ2) is 11.7. The number of fused-ring (bicyclic) bond motifs is 1. The van der Waals surface area contributed by atoms with Crippen molar-refractivity contribution in [1.29, 1.82) is 0 Å². The number of para-hydroxylation sites is 1. The van der Waals surface area contributed by atoms with Gasteiger partial charge < -0.3 is 19.5 Å². The van der Waals surface area contributed by atoms with E-state index >= 15 is 0 Å². The first kappa shape index (κ1) is 23.8. The van der Waals surface area contributed by atoms with E-state index in [0.29, 0.717) is 48.6 Å². The van der Waals surface area contributed by atoms with Crippen LogP contribution < -0.4 is 20.3 Å². The number of ether oxygens (including phenoxy) is 3. The summed E-state index contributed by atoms with van der Waals surface area (Å²) >= 11 is 0. The van der Waals surface area contributed by atoms with Crippen LogP contribution in [0.5, 0.6) is 11.5 Å². The van der Waals surface area contributed by atoms with Crippen LogP contribution in [-0.2, 0) is 27.3 Å². The molecule has 0 bridgehead atoms. The predicted octanol–water partition coefficient (Wildman–Crippen LogP) is 2.10. The van der Waals surface area contributed by atoms with Gasteiger partial charge in [0.2, 0.25) is 0 Å². The van der Waals surface area contributed by atoms with E-state index in [2.05, 4.69) is 10.3 Å². The summed E-state index contributed by atoms with van der Waals surface area (Å²) in [6.45, 7) is 4.48. The molecule has 1 amide bonds. The van der Waals surface area contributed by atoms with Gasteiger partial charge in [-0.3, -0.25) is 19.0 Å². The molecule has 0 radical (unpaired) electrons. The molecular weight excluding hydrogens is 426 g/mol. The van der Waals surface area contributed by atoms with Gasteiger partial charge in [0.1, 0.15) is 6.54 Å². The molecule has 3 rings (SSSR count). The fourth-order valence-corrected chi connectivity index (χ4v) is 3.20. The Labute approximate surface area is 191 Å². The first-order valence-electron chi connectivity index (χ1n) is 10.8. The van der Waals surface area contributed by atoms with Gasteiger partial charge in [-0.1, -0.05) is 18.2 Å². The Balaban J connectivity index is 1.45. The Bertz CT molecular complexity index is 1170. The number of nitrogens with one attached hydrogen (secondary N) is 1. The molecule has 1 N–H and O–H groups in total. The molecule has 3 aromatic rings. The van der Waals surface area contributed by atoms with Crippen molar-refractivity contribution in [3.63, 3.8) is 0 Å². The Kier molecular flexibility index (Phi) is 8.40. The zero-order valence-corrected chi connectivity index (χ0v) is 18.7. The van der Waals surface area contributed by atoms with Gasteiger partial charge >= 0.3 is 5.97 Å². The number of rotatable bonds is 11. The lowest BCUT2D eigenvalue weighted by atomic mass is 10.1. The molecule has 9 nitrogen and oxygen atoms in total. The van der Waals surface area contributed by atoms with Crippen LogP contribution in [0.25, 0.3) is 10.9 Å². The highest BCUT2D eigenvalue weighted by Gasteiger charge is 2.11. The van der Waals surface area contributed by atoms with Crippen LogP contribution in [-0.4, -0.2) is 47.8 Å². The molecule has 0 saturated heterocycles. The number of aromatic nitrogens is 2. The quantitative estimate of drug-likeness (QED) is 0.443. The van der Waals surface area contributed by atoms with E-state index in [-0.39, 0.29) is 12.1 Å². The molecule has 33 heavy (non-hydrogen) atoms. The summed E-state index contributed by atoms with van der Waals surface area (Å²) in [5, 5.41) is 3.12. The van der Waals surface area contributed by atoms with Gasteiger partial charge in [0.25, 0.3) is 11.5 Å². The summed E-state index contributed by atoms with van der Waals surface area (Å²) in [7, 11) is 0. The number of hydrogen-bond donors (Lipinski definition) is 1. The van der Waals surface area contributed by atoms with Crippen molar-refractivity contribution in [1.82, 2.24) is 14.9 Å². The summed E-state index contributed by atoms with van der Waals surface area (Å²) < 4.78 is 17.3. The van der Waals surface area contributed by atoms with Crippen molar-refractivity contribution >= 4 is 22.8 Å². The summed E-state index contributed by atoms with van der Waals surface area (Å²) in [6.07, 6.45) is 1.86. The van der Waals surface area contributed by atoms with E-state index < -0.39 is 18.5 Å². The lowest BCUT2D eigenvalue weighted by molar-refractivity contribution is -0.149. The zero-order chi connectivity index (χ0) is 23.6. The van der Waals surface area contributed by atoms with Crippen LogP contribution >= 0.6 is 0 Å². The average molecular weight is 453 g/mol. The van der Waals surface area contributed by atoms with E-state index in [4.69, 9.17) is 14.2 Å². The zero-order valence-electron chi connectivity index (χ0n) is 18.7. The predicted molar refractivity (Wildman–Crippen MR) is 122 cm³/mol. The van der Waals surface area contributed by atoms with Crippen molar-refractivity contribution in [3.05, 3.63) is 64.7 Å². The molecule has 1 aromatic heterocycles. The molecule has 0 fully saturated rings. The number of hydrogen-bond acceptors (Lipinski definition) is 7. The smallest absolute Gasteiger partial charge is 0.326 e. The number of benzene rings is 2. The van der Waals surface area contributed by atoms with Gasteiger partial charge in [-0.25, -0.2) is 4.98 Å². The molecule has 0 atom stereocenters. The van der Waals surface area contributed by atoms with Crippen LogP contribution in [0.1, 0.15) is 19.4 Å². The lowest BCUT2D eigenvalue weighted by Crippen LogP contribution is -2.32. The first-order valence-corrected chi connectivity index (χ1v) is 10.8. The van der Waals surface area contributed by atoms with Crippen molar-refractivity contribution < 1.29 is 23.8 Å². The minimum atomic E-state index is -0.697. The molecule has 1 heterocycles. The van der Waals surface area contributed by atoms with Crippen molar-refractivity contribution in [2.24, 2.45) is 0 Å². The summed E-state index contributed by atoms with van der Waals surface area (Å²) in [5.74, 6) is 0.218. The molecule has 0 saturated carbocycles. The highest BCUT2D eigenvalue weighted by atomic mass is 16.5. The third-order valence-electron chi connectivity index (χ3n) is 4.74. The van der Waals surface area contributed by atoms with E-state index in [9.17, 15) is 14.4 Å². The number of esters is 1. The van der Waals surface area contributed by atoms with Crippen molar-refractivity contribution in [2.45, 2.75) is 26.8 Å². The van der Waals surface area contributed by atoms with E-state index in [1.54, 1.807) is 24.3 Å². The Morgan fingerprint density at radius 2 is 1.79 bits per heavy atom. The summed E-state index contributed by atoms with van der Waals surface area (Å²) in [4.78, 5) is 40.7. The van der Waals surface area contributed by atoms with Crippen LogP contribution in [0.2, 0.25) is 0 Å².